The van der Waals surface area contributed by atoms with E-state index in [-0.39, 0.29) is 17.8 Å². The molecule has 2 rings (SSSR count). The molecule has 1 aromatic rings. The van der Waals surface area contributed by atoms with Crippen molar-refractivity contribution in [2.24, 2.45) is 11.8 Å². The van der Waals surface area contributed by atoms with E-state index >= 15 is 0 Å². The summed E-state index contributed by atoms with van der Waals surface area (Å²) in [4.78, 5) is 22.8. The van der Waals surface area contributed by atoms with E-state index in [0.717, 1.165) is 12.1 Å². The maximum atomic E-state index is 13.0. The second-order valence-corrected chi connectivity index (χ2v) is 4.54. The van der Waals surface area contributed by atoms with Crippen LogP contribution in [0.3, 0.4) is 0 Å². The minimum absolute atomic E-state index is 0.102. The Hall–Kier alpha value is -1.78. The fourth-order valence-corrected chi connectivity index (χ4v) is 2.33. The summed E-state index contributed by atoms with van der Waals surface area (Å²) < 4.78 is 25.8. The van der Waals surface area contributed by atoms with Gasteiger partial charge in [0.15, 0.2) is 17.4 Å². The molecule has 1 saturated carbocycles. The Bertz CT molecular complexity index is 499. The first kappa shape index (κ1) is 12.7. The fourth-order valence-electron chi connectivity index (χ4n) is 2.33. The summed E-state index contributed by atoms with van der Waals surface area (Å²) in [6.45, 7) is 0. The van der Waals surface area contributed by atoms with Crippen LogP contribution in [0.1, 0.15) is 29.6 Å². The third-order valence-corrected chi connectivity index (χ3v) is 3.36. The molecule has 0 aromatic heterocycles. The van der Waals surface area contributed by atoms with Crippen LogP contribution in [0.5, 0.6) is 0 Å². The highest BCUT2D eigenvalue weighted by Gasteiger charge is 2.34. The number of Topliss-reactive ketones (excluding diaryl/α,β-unsaturated/α-hetero) is 1. The van der Waals surface area contributed by atoms with Crippen molar-refractivity contribution in [1.82, 2.24) is 0 Å². The van der Waals surface area contributed by atoms with Crippen LogP contribution in [0.25, 0.3) is 0 Å². The summed E-state index contributed by atoms with van der Waals surface area (Å²) in [6, 6.07) is 3.01. The third kappa shape index (κ3) is 2.39. The quantitative estimate of drug-likeness (QED) is 0.843. The Morgan fingerprint density at radius 2 is 1.78 bits per heavy atom. The van der Waals surface area contributed by atoms with Gasteiger partial charge in [0.2, 0.25) is 0 Å². The van der Waals surface area contributed by atoms with Crippen LogP contribution in [-0.4, -0.2) is 16.9 Å². The second kappa shape index (κ2) is 4.84. The molecule has 96 valence electrons. The number of ketones is 1. The van der Waals surface area contributed by atoms with E-state index in [0.29, 0.717) is 12.8 Å². The molecule has 1 aliphatic rings. The summed E-state index contributed by atoms with van der Waals surface area (Å²) in [5.74, 6) is -4.19. The largest absolute Gasteiger partial charge is 0.481 e. The zero-order valence-corrected chi connectivity index (χ0v) is 9.53. The molecule has 0 aliphatic heterocycles. The second-order valence-electron chi connectivity index (χ2n) is 4.54. The van der Waals surface area contributed by atoms with Crippen molar-refractivity contribution in [3.63, 3.8) is 0 Å². The molecule has 0 radical (unpaired) electrons. The zero-order valence-electron chi connectivity index (χ0n) is 9.53. The average Bonchev–Trinajstić information content (AvgIpc) is 2.81. The smallest absolute Gasteiger partial charge is 0.306 e. The Morgan fingerprint density at radius 3 is 2.33 bits per heavy atom. The highest BCUT2D eigenvalue weighted by Crippen LogP contribution is 2.33. The predicted octanol–water partition coefficient (Wildman–Crippen LogP) is 2.65. The van der Waals surface area contributed by atoms with E-state index < -0.39 is 29.4 Å². The van der Waals surface area contributed by atoms with Gasteiger partial charge in [-0.3, -0.25) is 9.59 Å². The fraction of sp³-hybridized carbons (Fsp3) is 0.385. The van der Waals surface area contributed by atoms with Crippen molar-refractivity contribution < 1.29 is 23.5 Å². The van der Waals surface area contributed by atoms with Crippen molar-refractivity contribution in [1.29, 1.82) is 0 Å². The topological polar surface area (TPSA) is 54.4 Å². The average molecular weight is 254 g/mol. The maximum Gasteiger partial charge on any atom is 0.306 e. The molecular formula is C13H12F2O3. The molecule has 0 saturated heterocycles. The molecule has 1 N–H and O–H groups in total. The van der Waals surface area contributed by atoms with Gasteiger partial charge in [-0.25, -0.2) is 8.78 Å². The van der Waals surface area contributed by atoms with Crippen molar-refractivity contribution in [3.8, 4) is 0 Å². The minimum Gasteiger partial charge on any atom is -0.481 e. The van der Waals surface area contributed by atoms with Crippen LogP contribution < -0.4 is 0 Å². The van der Waals surface area contributed by atoms with Crippen molar-refractivity contribution in [3.05, 3.63) is 35.4 Å². The van der Waals surface area contributed by atoms with E-state index in [1.54, 1.807) is 0 Å². The first-order valence-electron chi connectivity index (χ1n) is 5.71. The van der Waals surface area contributed by atoms with Crippen LogP contribution in [0, 0.1) is 23.5 Å². The van der Waals surface area contributed by atoms with Crippen LogP contribution in [0.2, 0.25) is 0 Å². The van der Waals surface area contributed by atoms with E-state index in [1.165, 1.54) is 6.07 Å². The van der Waals surface area contributed by atoms with E-state index in [4.69, 9.17) is 5.11 Å². The third-order valence-electron chi connectivity index (χ3n) is 3.36. The molecule has 2 atom stereocenters. The first-order chi connectivity index (χ1) is 8.49. The number of carbonyl (C=O) groups is 2. The normalized spacial score (nSPS) is 23.0. The molecule has 0 bridgehead atoms. The van der Waals surface area contributed by atoms with Gasteiger partial charge in [0.1, 0.15) is 0 Å². The SMILES string of the molecule is O=C(O)C1CCC(C(=O)c2ccc(F)c(F)c2)C1. The predicted molar refractivity (Wildman–Crippen MR) is 59.2 cm³/mol. The van der Waals surface area contributed by atoms with E-state index in [2.05, 4.69) is 0 Å². The standard InChI is InChI=1S/C13H12F2O3/c14-10-4-3-8(6-11(10)15)12(16)7-1-2-9(5-7)13(17)18/h3-4,6-7,9H,1-2,5H2,(H,17,18). The van der Waals surface area contributed by atoms with Gasteiger partial charge in [-0.1, -0.05) is 0 Å². The highest BCUT2D eigenvalue weighted by molar-refractivity contribution is 5.98. The number of rotatable bonds is 3. The summed E-state index contributed by atoms with van der Waals surface area (Å²) in [5.41, 5.74) is 0.102. The lowest BCUT2D eigenvalue weighted by Gasteiger charge is -2.08. The number of benzene rings is 1. The zero-order chi connectivity index (χ0) is 13.3. The van der Waals surface area contributed by atoms with Crippen LogP contribution in [0.15, 0.2) is 18.2 Å². The number of hydrogen-bond acceptors (Lipinski definition) is 2. The van der Waals surface area contributed by atoms with Crippen molar-refractivity contribution >= 4 is 11.8 Å². The summed E-state index contributed by atoms with van der Waals surface area (Å²) in [6.07, 6.45) is 1.21. The van der Waals surface area contributed by atoms with Gasteiger partial charge in [-0.05, 0) is 37.5 Å². The highest BCUT2D eigenvalue weighted by atomic mass is 19.2. The van der Waals surface area contributed by atoms with Gasteiger partial charge in [0, 0.05) is 11.5 Å². The Morgan fingerprint density at radius 1 is 1.11 bits per heavy atom. The molecule has 3 nitrogen and oxygen atoms in total. The molecule has 0 amide bonds. The van der Waals surface area contributed by atoms with Crippen molar-refractivity contribution in [2.45, 2.75) is 19.3 Å². The summed E-state index contributed by atoms with van der Waals surface area (Å²) in [7, 11) is 0. The van der Waals surface area contributed by atoms with Gasteiger partial charge in [0.05, 0.1) is 5.92 Å². The molecule has 5 heteroatoms. The Kier molecular flexibility index (Phi) is 3.41. The number of halogens is 2. The van der Waals surface area contributed by atoms with E-state index in [9.17, 15) is 18.4 Å². The molecule has 0 spiro atoms. The van der Waals surface area contributed by atoms with Crippen molar-refractivity contribution in [2.75, 3.05) is 0 Å². The number of hydrogen-bond donors (Lipinski definition) is 1. The maximum absolute atomic E-state index is 13.0. The monoisotopic (exact) mass is 254 g/mol. The number of aliphatic carboxylic acids is 1. The lowest BCUT2D eigenvalue weighted by molar-refractivity contribution is -0.141. The minimum atomic E-state index is -1.06. The Labute approximate surface area is 102 Å². The van der Waals surface area contributed by atoms with Gasteiger partial charge in [0.25, 0.3) is 0 Å². The number of carboxylic acids is 1. The molecule has 1 aromatic carbocycles. The molecule has 1 fully saturated rings. The number of carboxylic acid groups (broad SMARTS) is 1. The van der Waals surface area contributed by atoms with Gasteiger partial charge >= 0.3 is 5.97 Å². The molecule has 0 heterocycles. The van der Waals surface area contributed by atoms with E-state index in [1.807, 2.05) is 0 Å². The number of carbonyl (C=O) groups excluding carboxylic acids is 1. The lowest BCUT2D eigenvalue weighted by atomic mass is 9.95. The van der Waals surface area contributed by atoms with Gasteiger partial charge in [-0.15, -0.1) is 0 Å². The molecule has 18 heavy (non-hydrogen) atoms. The van der Waals surface area contributed by atoms with Gasteiger partial charge < -0.3 is 5.11 Å². The lowest BCUT2D eigenvalue weighted by Crippen LogP contribution is -2.15. The van der Waals surface area contributed by atoms with Crippen LogP contribution in [-0.2, 0) is 4.79 Å². The molecular weight excluding hydrogens is 242 g/mol. The van der Waals surface area contributed by atoms with Crippen LogP contribution >= 0.6 is 0 Å². The summed E-state index contributed by atoms with van der Waals surface area (Å²) in [5, 5.41) is 8.84. The summed E-state index contributed by atoms with van der Waals surface area (Å²) >= 11 is 0. The van der Waals surface area contributed by atoms with Crippen LogP contribution in [0.4, 0.5) is 8.78 Å². The molecule has 1 aliphatic carbocycles. The molecule has 2 unspecified atom stereocenters. The first-order valence-corrected chi connectivity index (χ1v) is 5.71. The Balaban J connectivity index is 2.12. The van der Waals surface area contributed by atoms with Gasteiger partial charge in [-0.2, -0.15) is 0 Å².